The van der Waals surface area contributed by atoms with E-state index >= 15 is 0 Å². The Labute approximate surface area is 130 Å². The molecule has 116 valence electrons. The van der Waals surface area contributed by atoms with Crippen molar-refractivity contribution in [3.05, 3.63) is 21.9 Å². The molecule has 2 heterocycles. The van der Waals surface area contributed by atoms with Crippen LogP contribution in [0.15, 0.2) is 11.4 Å². The minimum Gasteiger partial charge on any atom is -0.385 e. The van der Waals surface area contributed by atoms with Gasteiger partial charge in [0.1, 0.15) is 0 Å². The van der Waals surface area contributed by atoms with E-state index in [2.05, 4.69) is 0 Å². The molecule has 0 spiro atoms. The lowest BCUT2D eigenvalue weighted by atomic mass is 9.93. The van der Waals surface area contributed by atoms with Crippen LogP contribution in [0.2, 0.25) is 0 Å². The molecule has 0 aromatic carbocycles. The molecule has 1 aromatic rings. The highest BCUT2D eigenvalue weighted by molar-refractivity contribution is 7.12. The van der Waals surface area contributed by atoms with E-state index in [1.165, 1.54) is 24.7 Å². The third kappa shape index (κ3) is 4.38. The Morgan fingerprint density at radius 1 is 1.48 bits per heavy atom. The number of ketones is 1. The molecule has 1 saturated heterocycles. The van der Waals surface area contributed by atoms with Crippen LogP contribution in [0.4, 0.5) is 0 Å². The number of likely N-dealkylation sites (tertiary alicyclic amines) is 1. The van der Waals surface area contributed by atoms with Gasteiger partial charge in [0.2, 0.25) is 0 Å². The summed E-state index contributed by atoms with van der Waals surface area (Å²) < 4.78 is 5.09. The zero-order valence-corrected chi connectivity index (χ0v) is 13.6. The summed E-state index contributed by atoms with van der Waals surface area (Å²) in [5, 5.41) is 1.80. The summed E-state index contributed by atoms with van der Waals surface area (Å²) in [5.74, 6) is 0.661. The van der Waals surface area contributed by atoms with Gasteiger partial charge in [-0.25, -0.2) is 0 Å². The van der Waals surface area contributed by atoms with Gasteiger partial charge in [0.25, 0.3) is 5.91 Å². The summed E-state index contributed by atoms with van der Waals surface area (Å²) in [6.45, 7) is 3.97. The average Bonchev–Trinajstić information content (AvgIpc) is 2.97. The van der Waals surface area contributed by atoms with Crippen molar-refractivity contribution in [2.24, 2.45) is 5.92 Å². The maximum Gasteiger partial charge on any atom is 0.254 e. The second kappa shape index (κ2) is 7.71. The number of amides is 1. The number of hydrogen-bond donors (Lipinski definition) is 0. The van der Waals surface area contributed by atoms with Gasteiger partial charge in [-0.05, 0) is 44.6 Å². The van der Waals surface area contributed by atoms with Crippen LogP contribution in [0, 0.1) is 5.92 Å². The number of ether oxygens (including phenoxy) is 1. The molecule has 0 radical (unpaired) electrons. The largest absolute Gasteiger partial charge is 0.385 e. The molecule has 2 rings (SSSR count). The molecular weight excluding hydrogens is 286 g/mol. The predicted molar refractivity (Wildman–Crippen MR) is 84.1 cm³/mol. The average molecular weight is 309 g/mol. The number of rotatable bonds is 6. The Bertz CT molecular complexity index is 497. The standard InChI is InChI=1S/C16H23NO3S/c1-12(18)15-9-14(11-21-15)16(19)17-7-3-5-13(10-17)6-4-8-20-2/h9,11,13H,3-8,10H2,1-2H3/t13-/m1/s1. The number of piperidine rings is 1. The summed E-state index contributed by atoms with van der Waals surface area (Å²) in [4.78, 5) is 26.4. The van der Waals surface area contributed by atoms with E-state index in [4.69, 9.17) is 4.74 Å². The second-order valence-electron chi connectivity index (χ2n) is 5.65. The molecule has 1 aliphatic heterocycles. The maximum absolute atomic E-state index is 12.5. The van der Waals surface area contributed by atoms with Crippen LogP contribution in [0.3, 0.4) is 0 Å². The smallest absolute Gasteiger partial charge is 0.254 e. The number of methoxy groups -OCH3 is 1. The van der Waals surface area contributed by atoms with Gasteiger partial charge in [-0.3, -0.25) is 9.59 Å². The van der Waals surface area contributed by atoms with E-state index < -0.39 is 0 Å². The van der Waals surface area contributed by atoms with Crippen LogP contribution in [0.25, 0.3) is 0 Å². The normalized spacial score (nSPS) is 18.8. The summed E-state index contributed by atoms with van der Waals surface area (Å²) >= 11 is 1.35. The van der Waals surface area contributed by atoms with E-state index in [-0.39, 0.29) is 11.7 Å². The fourth-order valence-corrected chi connectivity index (χ4v) is 3.60. The van der Waals surface area contributed by atoms with E-state index in [9.17, 15) is 9.59 Å². The number of nitrogens with zero attached hydrogens (tertiary/aromatic N) is 1. The van der Waals surface area contributed by atoms with Crippen LogP contribution < -0.4 is 0 Å². The lowest BCUT2D eigenvalue weighted by molar-refractivity contribution is 0.0661. The number of carbonyl (C=O) groups is 2. The molecule has 0 saturated carbocycles. The third-order valence-electron chi connectivity index (χ3n) is 3.96. The summed E-state index contributed by atoms with van der Waals surface area (Å²) in [6, 6.07) is 1.73. The first-order chi connectivity index (χ1) is 10.1. The molecule has 0 bridgehead atoms. The first-order valence-corrected chi connectivity index (χ1v) is 8.37. The molecule has 0 aliphatic carbocycles. The fourth-order valence-electron chi connectivity index (χ4n) is 2.82. The van der Waals surface area contributed by atoms with Crippen molar-refractivity contribution in [2.45, 2.75) is 32.6 Å². The van der Waals surface area contributed by atoms with Crippen LogP contribution >= 0.6 is 11.3 Å². The molecule has 1 amide bonds. The predicted octanol–water partition coefficient (Wildman–Crippen LogP) is 3.23. The summed E-state index contributed by atoms with van der Waals surface area (Å²) in [7, 11) is 1.72. The molecule has 1 fully saturated rings. The van der Waals surface area contributed by atoms with E-state index in [1.54, 1.807) is 18.6 Å². The van der Waals surface area contributed by atoms with Gasteiger partial charge in [0, 0.05) is 32.2 Å². The zero-order valence-electron chi connectivity index (χ0n) is 12.8. The third-order valence-corrected chi connectivity index (χ3v) is 4.99. The Kier molecular flexibility index (Phi) is 5.94. The van der Waals surface area contributed by atoms with Crippen molar-refractivity contribution in [2.75, 3.05) is 26.8 Å². The van der Waals surface area contributed by atoms with Crippen molar-refractivity contribution < 1.29 is 14.3 Å². The van der Waals surface area contributed by atoms with Gasteiger partial charge < -0.3 is 9.64 Å². The van der Waals surface area contributed by atoms with E-state index in [1.807, 2.05) is 4.90 Å². The summed E-state index contributed by atoms with van der Waals surface area (Å²) in [5.41, 5.74) is 0.655. The number of thiophene rings is 1. The number of carbonyl (C=O) groups excluding carboxylic acids is 2. The monoisotopic (exact) mass is 309 g/mol. The van der Waals surface area contributed by atoms with Crippen LogP contribution in [-0.2, 0) is 4.74 Å². The highest BCUT2D eigenvalue weighted by atomic mass is 32.1. The van der Waals surface area contributed by atoms with Gasteiger partial charge in [0.05, 0.1) is 10.4 Å². The lowest BCUT2D eigenvalue weighted by Gasteiger charge is -2.32. The van der Waals surface area contributed by atoms with Gasteiger partial charge >= 0.3 is 0 Å². The Morgan fingerprint density at radius 2 is 2.29 bits per heavy atom. The molecule has 1 aromatic heterocycles. The van der Waals surface area contributed by atoms with Crippen LogP contribution in [-0.4, -0.2) is 43.4 Å². The molecule has 5 heteroatoms. The molecule has 4 nitrogen and oxygen atoms in total. The molecular formula is C16H23NO3S. The van der Waals surface area contributed by atoms with Crippen LogP contribution in [0.1, 0.15) is 52.6 Å². The fraction of sp³-hybridized carbons (Fsp3) is 0.625. The van der Waals surface area contributed by atoms with Crippen molar-refractivity contribution in [1.29, 1.82) is 0 Å². The Morgan fingerprint density at radius 3 is 2.95 bits per heavy atom. The first kappa shape index (κ1) is 16.2. The van der Waals surface area contributed by atoms with Crippen molar-refractivity contribution in [3.8, 4) is 0 Å². The van der Waals surface area contributed by atoms with Crippen LogP contribution in [0.5, 0.6) is 0 Å². The molecule has 21 heavy (non-hydrogen) atoms. The number of Topliss-reactive ketones (excluding diaryl/α,β-unsaturated/α-hetero) is 1. The second-order valence-corrected chi connectivity index (χ2v) is 6.56. The molecule has 0 N–H and O–H groups in total. The lowest BCUT2D eigenvalue weighted by Crippen LogP contribution is -2.39. The first-order valence-electron chi connectivity index (χ1n) is 7.49. The minimum atomic E-state index is 0.0233. The topological polar surface area (TPSA) is 46.6 Å². The highest BCUT2D eigenvalue weighted by Gasteiger charge is 2.25. The highest BCUT2D eigenvalue weighted by Crippen LogP contribution is 2.24. The van der Waals surface area contributed by atoms with Gasteiger partial charge in [-0.1, -0.05) is 0 Å². The zero-order chi connectivity index (χ0) is 15.2. The van der Waals surface area contributed by atoms with E-state index in [0.29, 0.717) is 16.4 Å². The quantitative estimate of drug-likeness (QED) is 0.599. The van der Waals surface area contributed by atoms with Crippen molar-refractivity contribution >= 4 is 23.0 Å². The molecule has 1 aliphatic rings. The van der Waals surface area contributed by atoms with Gasteiger partial charge in [-0.15, -0.1) is 11.3 Å². The van der Waals surface area contributed by atoms with Crippen molar-refractivity contribution in [1.82, 2.24) is 4.90 Å². The molecule has 1 atom stereocenters. The molecule has 0 unspecified atom stereocenters. The Balaban J connectivity index is 1.93. The number of hydrogen-bond acceptors (Lipinski definition) is 4. The van der Waals surface area contributed by atoms with Gasteiger partial charge in [-0.2, -0.15) is 0 Å². The SMILES string of the molecule is COCCC[C@H]1CCCN(C(=O)c2csc(C(C)=O)c2)C1. The van der Waals surface area contributed by atoms with E-state index in [0.717, 1.165) is 39.0 Å². The summed E-state index contributed by atoms with van der Waals surface area (Å²) in [6.07, 6.45) is 4.42. The minimum absolute atomic E-state index is 0.0233. The maximum atomic E-state index is 12.5. The van der Waals surface area contributed by atoms with Gasteiger partial charge in [0.15, 0.2) is 5.78 Å². The van der Waals surface area contributed by atoms with Crippen molar-refractivity contribution in [3.63, 3.8) is 0 Å². The Hall–Kier alpha value is -1.20.